The van der Waals surface area contributed by atoms with Gasteiger partial charge in [0.05, 0.1) is 17.7 Å². The number of rotatable bonds is 6. The molecule has 0 spiro atoms. The van der Waals surface area contributed by atoms with Gasteiger partial charge in [-0.2, -0.15) is 5.26 Å². The highest BCUT2D eigenvalue weighted by Crippen LogP contribution is 2.04. The Kier molecular flexibility index (Phi) is 5.89. The molecule has 0 fully saturated rings. The first-order valence-corrected chi connectivity index (χ1v) is 6.17. The molecule has 1 atom stereocenters. The standard InChI is InChI=1S/C14H19N3O/c1-3-7-16-14(18)11(2)17-10-13-6-4-5-12(8-13)9-15/h4-6,8,11,17H,3,7,10H2,1-2H3,(H,16,18). The van der Waals surface area contributed by atoms with Crippen LogP contribution in [0.3, 0.4) is 0 Å². The van der Waals surface area contributed by atoms with Crippen LogP contribution in [-0.2, 0) is 11.3 Å². The Morgan fingerprint density at radius 2 is 2.28 bits per heavy atom. The van der Waals surface area contributed by atoms with Gasteiger partial charge in [-0.15, -0.1) is 0 Å². The lowest BCUT2D eigenvalue weighted by molar-refractivity contribution is -0.122. The molecule has 0 saturated carbocycles. The van der Waals surface area contributed by atoms with E-state index in [1.807, 2.05) is 32.0 Å². The Bertz CT molecular complexity index is 437. The minimum Gasteiger partial charge on any atom is -0.355 e. The van der Waals surface area contributed by atoms with E-state index in [-0.39, 0.29) is 11.9 Å². The number of nitriles is 1. The van der Waals surface area contributed by atoms with Gasteiger partial charge in [-0.05, 0) is 31.0 Å². The number of carbonyl (C=O) groups excluding carboxylic acids is 1. The summed E-state index contributed by atoms with van der Waals surface area (Å²) in [7, 11) is 0. The van der Waals surface area contributed by atoms with E-state index in [2.05, 4.69) is 16.7 Å². The molecule has 1 amide bonds. The van der Waals surface area contributed by atoms with Gasteiger partial charge < -0.3 is 10.6 Å². The fraction of sp³-hybridized carbons (Fsp3) is 0.429. The first-order valence-electron chi connectivity index (χ1n) is 6.17. The molecule has 1 rings (SSSR count). The number of carbonyl (C=O) groups is 1. The SMILES string of the molecule is CCCNC(=O)C(C)NCc1cccc(C#N)c1. The number of hydrogen-bond donors (Lipinski definition) is 2. The normalized spacial score (nSPS) is 11.6. The van der Waals surface area contributed by atoms with Crippen molar-refractivity contribution in [3.63, 3.8) is 0 Å². The number of amides is 1. The lowest BCUT2D eigenvalue weighted by Gasteiger charge is -2.13. The van der Waals surface area contributed by atoms with Crippen LogP contribution >= 0.6 is 0 Å². The van der Waals surface area contributed by atoms with Gasteiger partial charge in [-0.3, -0.25) is 4.79 Å². The molecule has 0 saturated heterocycles. The predicted octanol–water partition coefficient (Wildman–Crippen LogP) is 1.56. The Hall–Kier alpha value is -1.86. The molecule has 1 aromatic rings. The largest absolute Gasteiger partial charge is 0.355 e. The number of hydrogen-bond acceptors (Lipinski definition) is 3. The van der Waals surface area contributed by atoms with Crippen LogP contribution in [0.4, 0.5) is 0 Å². The van der Waals surface area contributed by atoms with Crippen LogP contribution in [0, 0.1) is 11.3 Å². The van der Waals surface area contributed by atoms with Crippen LogP contribution in [0.1, 0.15) is 31.4 Å². The van der Waals surface area contributed by atoms with Crippen molar-refractivity contribution < 1.29 is 4.79 Å². The molecule has 0 aliphatic carbocycles. The molecule has 96 valence electrons. The maximum Gasteiger partial charge on any atom is 0.236 e. The van der Waals surface area contributed by atoms with Gasteiger partial charge in [-0.1, -0.05) is 19.1 Å². The number of benzene rings is 1. The molecule has 4 heteroatoms. The van der Waals surface area contributed by atoms with Gasteiger partial charge in [0.1, 0.15) is 0 Å². The minimum absolute atomic E-state index is 0.00767. The summed E-state index contributed by atoms with van der Waals surface area (Å²) in [6.07, 6.45) is 0.933. The second kappa shape index (κ2) is 7.46. The van der Waals surface area contributed by atoms with E-state index in [1.165, 1.54) is 0 Å². The number of nitrogens with zero attached hydrogens (tertiary/aromatic N) is 1. The van der Waals surface area contributed by atoms with E-state index < -0.39 is 0 Å². The van der Waals surface area contributed by atoms with E-state index >= 15 is 0 Å². The lowest BCUT2D eigenvalue weighted by Crippen LogP contribution is -2.42. The maximum absolute atomic E-state index is 11.6. The summed E-state index contributed by atoms with van der Waals surface area (Å²) >= 11 is 0. The zero-order chi connectivity index (χ0) is 13.4. The molecule has 0 bridgehead atoms. The van der Waals surface area contributed by atoms with E-state index in [1.54, 1.807) is 6.07 Å². The molecule has 0 aliphatic rings. The van der Waals surface area contributed by atoms with Crippen LogP contribution in [0.2, 0.25) is 0 Å². The molecule has 2 N–H and O–H groups in total. The van der Waals surface area contributed by atoms with Crippen LogP contribution in [-0.4, -0.2) is 18.5 Å². The second-order valence-corrected chi connectivity index (χ2v) is 4.21. The molecule has 0 heterocycles. The first kappa shape index (κ1) is 14.2. The topological polar surface area (TPSA) is 64.9 Å². The summed E-state index contributed by atoms with van der Waals surface area (Å²) < 4.78 is 0. The van der Waals surface area contributed by atoms with Crippen LogP contribution in [0.5, 0.6) is 0 Å². The van der Waals surface area contributed by atoms with Crippen LogP contribution in [0.25, 0.3) is 0 Å². The minimum atomic E-state index is -0.234. The summed E-state index contributed by atoms with van der Waals surface area (Å²) in [5, 5.41) is 14.8. The predicted molar refractivity (Wildman–Crippen MR) is 70.8 cm³/mol. The molecule has 0 aromatic heterocycles. The fourth-order valence-electron chi connectivity index (χ4n) is 1.52. The van der Waals surface area contributed by atoms with Crippen molar-refractivity contribution in [2.24, 2.45) is 0 Å². The highest BCUT2D eigenvalue weighted by Gasteiger charge is 2.10. The smallest absolute Gasteiger partial charge is 0.236 e. The Balaban J connectivity index is 2.44. The monoisotopic (exact) mass is 245 g/mol. The van der Waals surface area contributed by atoms with Crippen molar-refractivity contribution >= 4 is 5.91 Å². The highest BCUT2D eigenvalue weighted by molar-refractivity contribution is 5.81. The summed E-state index contributed by atoms with van der Waals surface area (Å²) in [4.78, 5) is 11.6. The Morgan fingerprint density at radius 1 is 1.50 bits per heavy atom. The zero-order valence-electron chi connectivity index (χ0n) is 10.9. The second-order valence-electron chi connectivity index (χ2n) is 4.21. The van der Waals surface area contributed by atoms with E-state index in [0.29, 0.717) is 18.7 Å². The molecule has 18 heavy (non-hydrogen) atoms. The van der Waals surface area contributed by atoms with Gasteiger partial charge in [0.2, 0.25) is 5.91 Å². The van der Waals surface area contributed by atoms with Gasteiger partial charge in [0.15, 0.2) is 0 Å². The molecule has 1 aromatic carbocycles. The quantitative estimate of drug-likeness (QED) is 0.799. The molecular weight excluding hydrogens is 226 g/mol. The van der Waals surface area contributed by atoms with Gasteiger partial charge in [-0.25, -0.2) is 0 Å². The van der Waals surface area contributed by atoms with Crippen molar-refractivity contribution in [2.75, 3.05) is 6.54 Å². The third kappa shape index (κ3) is 4.56. The molecule has 1 unspecified atom stereocenters. The average molecular weight is 245 g/mol. The Morgan fingerprint density at radius 3 is 2.94 bits per heavy atom. The fourth-order valence-corrected chi connectivity index (χ4v) is 1.52. The number of nitrogens with one attached hydrogen (secondary N) is 2. The zero-order valence-corrected chi connectivity index (χ0v) is 10.9. The highest BCUT2D eigenvalue weighted by atomic mass is 16.2. The maximum atomic E-state index is 11.6. The van der Waals surface area contributed by atoms with Gasteiger partial charge in [0.25, 0.3) is 0 Å². The average Bonchev–Trinajstić information content (AvgIpc) is 2.42. The van der Waals surface area contributed by atoms with Crippen molar-refractivity contribution in [3.8, 4) is 6.07 Å². The van der Waals surface area contributed by atoms with Gasteiger partial charge in [0, 0.05) is 13.1 Å². The van der Waals surface area contributed by atoms with Crippen molar-refractivity contribution in [1.82, 2.24) is 10.6 Å². The molecule has 0 aliphatic heterocycles. The van der Waals surface area contributed by atoms with Crippen LogP contribution in [0.15, 0.2) is 24.3 Å². The summed E-state index contributed by atoms with van der Waals surface area (Å²) in [6.45, 7) is 5.13. The molecule has 4 nitrogen and oxygen atoms in total. The summed E-state index contributed by atoms with van der Waals surface area (Å²) in [5.74, 6) is 0.00767. The van der Waals surface area contributed by atoms with E-state index in [9.17, 15) is 4.79 Å². The first-order chi connectivity index (χ1) is 8.67. The Labute approximate surface area is 108 Å². The van der Waals surface area contributed by atoms with Gasteiger partial charge >= 0.3 is 0 Å². The summed E-state index contributed by atoms with van der Waals surface area (Å²) in [6, 6.07) is 9.23. The lowest BCUT2D eigenvalue weighted by atomic mass is 10.1. The third-order valence-electron chi connectivity index (χ3n) is 2.61. The van der Waals surface area contributed by atoms with Crippen LogP contribution < -0.4 is 10.6 Å². The van der Waals surface area contributed by atoms with Crippen molar-refractivity contribution in [1.29, 1.82) is 5.26 Å². The third-order valence-corrected chi connectivity index (χ3v) is 2.61. The van der Waals surface area contributed by atoms with E-state index in [4.69, 9.17) is 5.26 Å². The van der Waals surface area contributed by atoms with Crippen molar-refractivity contribution in [2.45, 2.75) is 32.9 Å². The molecule has 0 radical (unpaired) electrons. The molecular formula is C14H19N3O. The van der Waals surface area contributed by atoms with E-state index in [0.717, 1.165) is 12.0 Å². The van der Waals surface area contributed by atoms with Crippen molar-refractivity contribution in [3.05, 3.63) is 35.4 Å². The summed E-state index contributed by atoms with van der Waals surface area (Å²) in [5.41, 5.74) is 1.64.